The average molecular weight is 355 g/mol. The van der Waals surface area contributed by atoms with E-state index in [1.807, 2.05) is 0 Å². The van der Waals surface area contributed by atoms with Gasteiger partial charge in [-0.15, -0.1) is 0 Å². The van der Waals surface area contributed by atoms with Crippen molar-refractivity contribution in [1.82, 2.24) is 0 Å². The van der Waals surface area contributed by atoms with E-state index >= 15 is 0 Å². The van der Waals surface area contributed by atoms with E-state index < -0.39 is 7.60 Å². The van der Waals surface area contributed by atoms with E-state index in [4.69, 9.17) is 9.79 Å². The van der Waals surface area contributed by atoms with Crippen LogP contribution in [0.3, 0.4) is 0 Å². The normalized spacial score (nSPS) is 10.4. The summed E-state index contributed by atoms with van der Waals surface area (Å²) in [5.41, 5.74) is 0. The largest absolute Gasteiger partial charge is 0.356 e. The van der Waals surface area contributed by atoms with Crippen LogP contribution in [0.2, 0.25) is 0 Å². The Kier molecular flexibility index (Phi) is 4.26. The van der Waals surface area contributed by atoms with E-state index in [1.54, 1.807) is 18.2 Å². The number of hydrogen-bond acceptors (Lipinski definition) is 1. The van der Waals surface area contributed by atoms with Crippen LogP contribution in [0.15, 0.2) is 30.3 Å². The second-order valence-corrected chi connectivity index (χ2v) is 3.48. The molecule has 0 heterocycles. The first-order chi connectivity index (χ1) is 4.61. The maximum atomic E-state index is 10.5. The molecule has 5 heteroatoms. The van der Waals surface area contributed by atoms with Crippen molar-refractivity contribution in [2.75, 3.05) is 0 Å². The molecule has 0 unspecified atom stereocenters. The molecule has 11 heavy (non-hydrogen) atoms. The predicted octanol–water partition coefficient (Wildman–Crippen LogP) is 0.487. The molecule has 0 amide bonds. The quantitative estimate of drug-likeness (QED) is 0.570. The Bertz CT molecular complexity index is 256. The maximum Gasteiger partial charge on any atom is 0.356 e. The predicted molar refractivity (Wildman–Crippen MR) is 38.1 cm³/mol. The molecule has 2 N–H and O–H groups in total. The third kappa shape index (κ3) is 3.34. The molecule has 0 bridgehead atoms. The Labute approximate surface area is 80.1 Å². The first kappa shape index (κ1) is 11.1. The van der Waals surface area contributed by atoms with Gasteiger partial charge in [0.25, 0.3) is 0 Å². The molecule has 0 aliphatic rings. The molecule has 0 saturated carbocycles. The van der Waals surface area contributed by atoms with Gasteiger partial charge >= 0.3 is 7.60 Å². The van der Waals surface area contributed by atoms with E-state index in [0.717, 1.165) is 0 Å². The summed E-state index contributed by atoms with van der Waals surface area (Å²) in [5.74, 6) is 0. The van der Waals surface area contributed by atoms with Crippen LogP contribution < -0.4 is 5.30 Å². The molecule has 1 aromatic rings. The summed E-state index contributed by atoms with van der Waals surface area (Å²) in [5, 5.41) is 0.0648. The third-order valence-corrected chi connectivity index (χ3v) is 2.06. The maximum absolute atomic E-state index is 10.5. The topological polar surface area (TPSA) is 57.5 Å². The van der Waals surface area contributed by atoms with E-state index in [0.29, 0.717) is 0 Å². The summed E-state index contributed by atoms with van der Waals surface area (Å²) in [6.45, 7) is 0. The molecule has 1 aromatic carbocycles. The molecule has 0 atom stereocenters. The molecule has 0 aromatic heterocycles. The van der Waals surface area contributed by atoms with Crippen LogP contribution >= 0.6 is 7.60 Å². The van der Waals surface area contributed by atoms with E-state index in [2.05, 4.69) is 0 Å². The van der Waals surface area contributed by atoms with Gasteiger partial charge in [-0.25, -0.2) is 0 Å². The van der Waals surface area contributed by atoms with Crippen LogP contribution in [0.25, 0.3) is 0 Å². The fourth-order valence-corrected chi connectivity index (χ4v) is 1.18. The first-order valence-electron chi connectivity index (χ1n) is 2.72. The first-order valence-corrected chi connectivity index (χ1v) is 4.33. The smallest absolute Gasteiger partial charge is 0.321 e. The second-order valence-electron chi connectivity index (χ2n) is 1.88. The summed E-state index contributed by atoms with van der Waals surface area (Å²) in [4.78, 5) is 17.2. The minimum absolute atomic E-state index is 0. The summed E-state index contributed by atoms with van der Waals surface area (Å²) < 4.78 is 10.5. The Morgan fingerprint density at radius 2 is 1.55 bits per heavy atom. The minimum Gasteiger partial charge on any atom is -0.321 e. The Hall–Kier alpha value is 0.110. The molecular weight excluding hydrogens is 348 g/mol. The Balaban J connectivity index is 0.000001000. The fourth-order valence-electron chi connectivity index (χ4n) is 0.622. The monoisotopic (exact) mass is 355 g/mol. The van der Waals surface area contributed by atoms with Crippen molar-refractivity contribution in [3.8, 4) is 0 Å². The van der Waals surface area contributed by atoms with Crippen LogP contribution in [0.1, 0.15) is 0 Å². The molecule has 0 aliphatic heterocycles. The van der Waals surface area contributed by atoms with Crippen LogP contribution in [-0.2, 0) is 26.9 Å². The molecule has 0 fully saturated rings. The average Bonchev–Trinajstić information content (AvgIpc) is 1.88. The molecule has 3 nitrogen and oxygen atoms in total. The Morgan fingerprint density at radius 1 is 1.09 bits per heavy atom. The standard InChI is InChI=1S/C6H7O3P.Au/c7-10(8,9)6-4-2-1-3-5-6;/h1-5H,(H2,7,8,9);. The van der Waals surface area contributed by atoms with Crippen molar-refractivity contribution in [2.45, 2.75) is 0 Å². The van der Waals surface area contributed by atoms with Crippen molar-refractivity contribution >= 4 is 12.9 Å². The molecule has 0 spiro atoms. The third-order valence-electron chi connectivity index (χ3n) is 1.09. The van der Waals surface area contributed by atoms with Gasteiger partial charge in [-0.05, 0) is 12.1 Å². The summed E-state index contributed by atoms with van der Waals surface area (Å²) >= 11 is 0. The number of benzene rings is 1. The van der Waals surface area contributed by atoms with Gasteiger partial charge in [0, 0.05) is 22.4 Å². The van der Waals surface area contributed by atoms with Crippen molar-refractivity contribution in [2.24, 2.45) is 0 Å². The van der Waals surface area contributed by atoms with Crippen molar-refractivity contribution in [3.05, 3.63) is 30.3 Å². The van der Waals surface area contributed by atoms with Gasteiger partial charge in [-0.2, -0.15) is 0 Å². The number of hydrogen-bond donors (Lipinski definition) is 2. The van der Waals surface area contributed by atoms with E-state index in [-0.39, 0.29) is 27.7 Å². The van der Waals surface area contributed by atoms with Crippen molar-refractivity contribution in [3.63, 3.8) is 0 Å². The summed E-state index contributed by atoms with van der Waals surface area (Å²) in [6.07, 6.45) is 0. The second kappa shape index (κ2) is 4.21. The zero-order valence-corrected chi connectivity index (χ0v) is 8.50. The van der Waals surface area contributed by atoms with Gasteiger partial charge in [0.05, 0.1) is 5.30 Å². The van der Waals surface area contributed by atoms with Gasteiger partial charge in [0.15, 0.2) is 0 Å². The van der Waals surface area contributed by atoms with Crippen LogP contribution in [0.4, 0.5) is 0 Å². The number of rotatable bonds is 1. The van der Waals surface area contributed by atoms with Crippen LogP contribution in [0.5, 0.6) is 0 Å². The van der Waals surface area contributed by atoms with Crippen molar-refractivity contribution in [1.29, 1.82) is 0 Å². The summed E-state index contributed by atoms with van der Waals surface area (Å²) in [6, 6.07) is 7.70. The SMILES string of the molecule is O=P(O)(O)c1ccccc1.[Au]. The zero-order chi connectivity index (χ0) is 7.61. The van der Waals surface area contributed by atoms with E-state index in [9.17, 15) is 4.57 Å². The van der Waals surface area contributed by atoms with Gasteiger partial charge in [0.1, 0.15) is 0 Å². The molecule has 1 radical (unpaired) electrons. The van der Waals surface area contributed by atoms with Gasteiger partial charge < -0.3 is 9.79 Å². The molecular formula is C6H7AuO3P. The van der Waals surface area contributed by atoms with Gasteiger partial charge in [-0.1, -0.05) is 18.2 Å². The van der Waals surface area contributed by atoms with E-state index in [1.165, 1.54) is 12.1 Å². The fraction of sp³-hybridized carbons (Fsp3) is 0. The molecule has 0 saturated heterocycles. The zero-order valence-electron chi connectivity index (χ0n) is 5.44. The minimum atomic E-state index is -4.02. The van der Waals surface area contributed by atoms with Crippen molar-refractivity contribution < 1.29 is 36.7 Å². The van der Waals surface area contributed by atoms with Crippen LogP contribution in [-0.4, -0.2) is 9.79 Å². The van der Waals surface area contributed by atoms with Gasteiger partial charge in [-0.3, -0.25) is 4.57 Å². The molecule has 0 aliphatic carbocycles. The molecule has 65 valence electrons. The van der Waals surface area contributed by atoms with Gasteiger partial charge in [0.2, 0.25) is 0 Å². The Morgan fingerprint density at radius 3 is 1.82 bits per heavy atom. The van der Waals surface area contributed by atoms with Crippen LogP contribution in [0, 0.1) is 0 Å². The molecule has 1 rings (SSSR count). The summed E-state index contributed by atoms with van der Waals surface area (Å²) in [7, 11) is -4.02.